The highest BCUT2D eigenvalue weighted by atomic mass is 35.5. The Morgan fingerprint density at radius 2 is 2.19 bits per heavy atom. The number of nitrogens with one attached hydrogen (secondary N) is 1. The number of nitrogens with zero attached hydrogens (tertiary/aromatic N) is 4. The molecular weight excluding hydrogens is 350 g/mol. The molecule has 2 heterocycles. The average Bonchev–Trinajstić information content (AvgIpc) is 3.28. The Balaban J connectivity index is 1.53. The first-order valence-corrected chi connectivity index (χ1v) is 9.43. The number of hydrogen-bond acceptors (Lipinski definition) is 3. The van der Waals surface area contributed by atoms with Gasteiger partial charge in [-0.3, -0.25) is 4.68 Å². The summed E-state index contributed by atoms with van der Waals surface area (Å²) in [6, 6.07) is 7.40. The van der Waals surface area contributed by atoms with Crippen LogP contribution in [-0.4, -0.2) is 53.4 Å². The molecule has 0 saturated carbocycles. The van der Waals surface area contributed by atoms with Gasteiger partial charge in [-0.05, 0) is 43.2 Å². The molecule has 1 N–H and O–H groups in total. The molecule has 1 unspecified atom stereocenters. The lowest BCUT2D eigenvalue weighted by Crippen LogP contribution is -2.40. The Morgan fingerprint density at radius 3 is 2.88 bits per heavy atom. The van der Waals surface area contributed by atoms with Gasteiger partial charge in [0.15, 0.2) is 5.96 Å². The summed E-state index contributed by atoms with van der Waals surface area (Å²) in [6.45, 7) is 6.06. The van der Waals surface area contributed by atoms with Gasteiger partial charge in [0, 0.05) is 43.8 Å². The molecule has 1 aromatic carbocycles. The Kier molecular flexibility index (Phi) is 6.39. The van der Waals surface area contributed by atoms with E-state index in [9.17, 15) is 0 Å². The predicted molar refractivity (Wildman–Crippen MR) is 105 cm³/mol. The normalized spacial score (nSPS) is 17.6. The lowest BCUT2D eigenvalue weighted by Gasteiger charge is -2.21. The van der Waals surface area contributed by atoms with Crippen LogP contribution in [0.5, 0.6) is 5.75 Å². The smallest absolute Gasteiger partial charge is 0.194 e. The van der Waals surface area contributed by atoms with E-state index in [1.54, 1.807) is 0 Å². The first kappa shape index (κ1) is 18.6. The third-order valence-corrected chi connectivity index (χ3v) is 4.71. The van der Waals surface area contributed by atoms with Gasteiger partial charge in [0.2, 0.25) is 0 Å². The van der Waals surface area contributed by atoms with Gasteiger partial charge in [0.1, 0.15) is 12.4 Å². The molecule has 1 fully saturated rings. The Labute approximate surface area is 159 Å². The summed E-state index contributed by atoms with van der Waals surface area (Å²) in [4.78, 5) is 7.04. The molecule has 1 saturated heterocycles. The summed E-state index contributed by atoms with van der Waals surface area (Å²) < 4.78 is 7.59. The van der Waals surface area contributed by atoms with E-state index in [1.807, 2.05) is 42.2 Å². The van der Waals surface area contributed by atoms with Gasteiger partial charge < -0.3 is 15.0 Å². The largest absolute Gasteiger partial charge is 0.492 e. The van der Waals surface area contributed by atoms with Gasteiger partial charge in [-0.2, -0.15) is 5.10 Å². The van der Waals surface area contributed by atoms with Crippen LogP contribution in [0.4, 0.5) is 0 Å². The molecular formula is C19H26ClN5O. The molecule has 6 nitrogen and oxygen atoms in total. The van der Waals surface area contributed by atoms with Crippen molar-refractivity contribution in [3.8, 4) is 5.75 Å². The standard InChI is InChI=1S/C19H26ClN5O/c1-3-21-19(22-9-11-26-18-6-4-17(20)5-7-18)25-10-8-15(14-25)16-12-23-24(2)13-16/h4-7,12-13,15H,3,8-11,14H2,1-2H3,(H,21,22). The van der Waals surface area contributed by atoms with Crippen molar-refractivity contribution in [3.63, 3.8) is 0 Å². The second-order valence-electron chi connectivity index (χ2n) is 6.42. The maximum Gasteiger partial charge on any atom is 0.194 e. The van der Waals surface area contributed by atoms with Crippen molar-refractivity contribution < 1.29 is 4.74 Å². The van der Waals surface area contributed by atoms with Crippen LogP contribution < -0.4 is 10.1 Å². The lowest BCUT2D eigenvalue weighted by molar-refractivity contribution is 0.327. The Morgan fingerprint density at radius 1 is 1.38 bits per heavy atom. The van der Waals surface area contributed by atoms with Crippen molar-refractivity contribution in [2.45, 2.75) is 19.3 Å². The highest BCUT2D eigenvalue weighted by molar-refractivity contribution is 6.30. The molecule has 0 spiro atoms. The monoisotopic (exact) mass is 375 g/mol. The summed E-state index contributed by atoms with van der Waals surface area (Å²) in [6.07, 6.45) is 5.20. The zero-order chi connectivity index (χ0) is 18.4. The number of benzene rings is 1. The zero-order valence-electron chi connectivity index (χ0n) is 15.4. The summed E-state index contributed by atoms with van der Waals surface area (Å²) in [5.41, 5.74) is 1.30. The number of guanidine groups is 1. The molecule has 0 aliphatic carbocycles. The fourth-order valence-corrected chi connectivity index (χ4v) is 3.27. The van der Waals surface area contributed by atoms with E-state index in [2.05, 4.69) is 28.4 Å². The number of ether oxygens (including phenoxy) is 1. The Hall–Kier alpha value is -2.21. The second kappa shape index (κ2) is 8.94. The second-order valence-corrected chi connectivity index (χ2v) is 6.85. The van der Waals surface area contributed by atoms with E-state index >= 15 is 0 Å². The van der Waals surface area contributed by atoms with Gasteiger partial charge in [0.05, 0.1) is 12.7 Å². The molecule has 0 radical (unpaired) electrons. The first-order valence-electron chi connectivity index (χ1n) is 9.06. The molecule has 140 valence electrons. The highest BCUT2D eigenvalue weighted by Gasteiger charge is 2.26. The topological polar surface area (TPSA) is 54.7 Å². The number of aliphatic imine (C=N–C) groups is 1. The van der Waals surface area contributed by atoms with Crippen LogP contribution in [0, 0.1) is 0 Å². The third kappa shape index (κ3) is 4.91. The quantitative estimate of drug-likeness (QED) is 0.479. The minimum atomic E-state index is 0.512. The molecule has 7 heteroatoms. The fraction of sp³-hybridized carbons (Fsp3) is 0.474. The summed E-state index contributed by atoms with van der Waals surface area (Å²) >= 11 is 5.88. The van der Waals surface area contributed by atoms with E-state index in [4.69, 9.17) is 21.3 Å². The van der Waals surface area contributed by atoms with E-state index < -0.39 is 0 Å². The fourth-order valence-electron chi connectivity index (χ4n) is 3.15. The van der Waals surface area contributed by atoms with Crippen LogP contribution in [0.25, 0.3) is 0 Å². The van der Waals surface area contributed by atoms with Crippen molar-refractivity contribution >= 4 is 17.6 Å². The molecule has 1 aliphatic rings. The predicted octanol–water partition coefficient (Wildman–Crippen LogP) is 2.91. The number of aromatic nitrogens is 2. The maximum atomic E-state index is 5.88. The lowest BCUT2D eigenvalue weighted by atomic mass is 10.0. The van der Waals surface area contributed by atoms with Crippen LogP contribution >= 0.6 is 11.6 Å². The minimum absolute atomic E-state index is 0.512. The van der Waals surface area contributed by atoms with Crippen molar-refractivity contribution in [1.82, 2.24) is 20.0 Å². The Bertz CT molecular complexity index is 728. The van der Waals surface area contributed by atoms with E-state index in [-0.39, 0.29) is 0 Å². The van der Waals surface area contributed by atoms with Gasteiger partial charge in [-0.1, -0.05) is 11.6 Å². The van der Waals surface area contributed by atoms with Crippen LogP contribution in [0.1, 0.15) is 24.8 Å². The van der Waals surface area contributed by atoms with Gasteiger partial charge in [-0.15, -0.1) is 0 Å². The third-order valence-electron chi connectivity index (χ3n) is 4.45. The van der Waals surface area contributed by atoms with Gasteiger partial charge in [0.25, 0.3) is 0 Å². The van der Waals surface area contributed by atoms with E-state index in [1.165, 1.54) is 5.56 Å². The minimum Gasteiger partial charge on any atom is -0.492 e. The van der Waals surface area contributed by atoms with Crippen LogP contribution in [0.3, 0.4) is 0 Å². The van der Waals surface area contributed by atoms with Gasteiger partial charge >= 0.3 is 0 Å². The molecule has 26 heavy (non-hydrogen) atoms. The number of rotatable bonds is 6. The summed E-state index contributed by atoms with van der Waals surface area (Å²) in [5.74, 6) is 2.28. The SMILES string of the molecule is CCNC(=NCCOc1ccc(Cl)cc1)N1CCC(c2cnn(C)c2)C1. The molecule has 1 aliphatic heterocycles. The van der Waals surface area contributed by atoms with Crippen molar-refractivity contribution in [1.29, 1.82) is 0 Å². The first-order chi connectivity index (χ1) is 12.7. The molecule has 2 aromatic rings. The van der Waals surface area contributed by atoms with Crippen LogP contribution in [-0.2, 0) is 7.05 Å². The van der Waals surface area contributed by atoms with Crippen LogP contribution in [0.15, 0.2) is 41.7 Å². The molecule has 0 amide bonds. The number of halogens is 1. The molecule has 1 atom stereocenters. The maximum absolute atomic E-state index is 5.88. The number of likely N-dealkylation sites (tertiary alicyclic amines) is 1. The van der Waals surface area contributed by atoms with E-state index in [0.29, 0.717) is 24.1 Å². The summed E-state index contributed by atoms with van der Waals surface area (Å²) in [7, 11) is 1.96. The van der Waals surface area contributed by atoms with E-state index in [0.717, 1.165) is 37.8 Å². The summed E-state index contributed by atoms with van der Waals surface area (Å²) in [5, 5.41) is 8.39. The van der Waals surface area contributed by atoms with Crippen molar-refractivity contribution in [2.75, 3.05) is 32.8 Å². The molecule has 3 rings (SSSR count). The zero-order valence-corrected chi connectivity index (χ0v) is 16.1. The molecule has 0 bridgehead atoms. The molecule has 1 aromatic heterocycles. The average molecular weight is 376 g/mol. The number of aryl methyl sites for hydroxylation is 1. The number of hydrogen-bond donors (Lipinski definition) is 1. The van der Waals surface area contributed by atoms with Gasteiger partial charge in [-0.25, -0.2) is 4.99 Å². The van der Waals surface area contributed by atoms with Crippen LogP contribution in [0.2, 0.25) is 5.02 Å². The highest BCUT2D eigenvalue weighted by Crippen LogP contribution is 2.26. The van der Waals surface area contributed by atoms with Crippen molar-refractivity contribution in [3.05, 3.63) is 47.2 Å². The van der Waals surface area contributed by atoms with Crippen molar-refractivity contribution in [2.24, 2.45) is 12.0 Å².